The van der Waals surface area contributed by atoms with Crippen LogP contribution in [0.4, 0.5) is 5.69 Å². The lowest BCUT2D eigenvalue weighted by molar-refractivity contribution is -0.116. The Kier molecular flexibility index (Phi) is 5.62. The van der Waals surface area contributed by atoms with Gasteiger partial charge in [0.1, 0.15) is 0 Å². The minimum Gasteiger partial charge on any atom is -0.368 e. The molecule has 0 spiro atoms. The number of hydrogen-bond acceptors (Lipinski definition) is 3. The van der Waals surface area contributed by atoms with Crippen LogP contribution in [0.2, 0.25) is 0 Å². The number of hydrogen-bond donors (Lipinski definition) is 2. The Morgan fingerprint density at radius 3 is 2.72 bits per heavy atom. The number of nitrogens with one attached hydrogen (secondary N) is 1. The van der Waals surface area contributed by atoms with Crippen LogP contribution in [-0.2, 0) is 11.3 Å². The van der Waals surface area contributed by atoms with Crippen LogP contribution in [0.3, 0.4) is 0 Å². The molecule has 0 fully saturated rings. The molecule has 4 nitrogen and oxygen atoms in total. The summed E-state index contributed by atoms with van der Waals surface area (Å²) in [5.74, 6) is -0.333. The molecular weight excluding hydrogens is 294 g/mol. The van der Waals surface area contributed by atoms with E-state index in [1.807, 2.05) is 30.1 Å². The topological polar surface area (TPSA) is 58.4 Å². The van der Waals surface area contributed by atoms with Gasteiger partial charge in [-0.3, -0.25) is 4.79 Å². The Balaban J connectivity index is 2.91. The predicted molar refractivity (Wildman–Crippen MR) is 78.6 cm³/mol. The largest absolute Gasteiger partial charge is 0.368 e. The first-order valence-corrected chi connectivity index (χ1v) is 6.70. The van der Waals surface area contributed by atoms with E-state index in [9.17, 15) is 4.79 Å². The number of carbonyl (C=O) groups is 1. The third-order valence-electron chi connectivity index (χ3n) is 2.55. The zero-order valence-electron chi connectivity index (χ0n) is 11.0. The van der Waals surface area contributed by atoms with Crippen molar-refractivity contribution in [2.45, 2.75) is 26.4 Å². The summed E-state index contributed by atoms with van der Waals surface area (Å²) in [5, 5.41) is 3.37. The van der Waals surface area contributed by atoms with Gasteiger partial charge >= 0.3 is 0 Å². The Morgan fingerprint density at radius 2 is 2.17 bits per heavy atom. The Hall–Kier alpha value is -1.07. The monoisotopic (exact) mass is 313 g/mol. The van der Waals surface area contributed by atoms with Crippen molar-refractivity contribution in [3.05, 3.63) is 28.2 Å². The quantitative estimate of drug-likeness (QED) is 0.843. The summed E-state index contributed by atoms with van der Waals surface area (Å²) in [6, 6.07) is 6.47. The van der Waals surface area contributed by atoms with Crippen molar-refractivity contribution < 1.29 is 4.79 Å². The number of likely N-dealkylation sites (N-methyl/N-ethyl adjacent to an activating group) is 1. The van der Waals surface area contributed by atoms with Gasteiger partial charge in [-0.1, -0.05) is 35.8 Å². The van der Waals surface area contributed by atoms with Gasteiger partial charge in [-0.15, -0.1) is 0 Å². The Labute approximate surface area is 117 Å². The summed E-state index contributed by atoms with van der Waals surface area (Å²) < 4.78 is 0.988. The number of benzene rings is 1. The van der Waals surface area contributed by atoms with Gasteiger partial charge in [0.25, 0.3) is 0 Å². The van der Waals surface area contributed by atoms with Crippen LogP contribution >= 0.6 is 15.9 Å². The number of carbonyl (C=O) groups excluding carboxylic acids is 1. The smallest absolute Gasteiger partial charge is 0.236 e. The molecule has 1 rings (SSSR count). The van der Waals surface area contributed by atoms with Crippen molar-refractivity contribution in [3.63, 3.8) is 0 Å². The fourth-order valence-electron chi connectivity index (χ4n) is 1.67. The molecule has 0 saturated heterocycles. The molecule has 0 aliphatic heterocycles. The number of primary amides is 1. The predicted octanol–water partition coefficient (Wildman–Crippen LogP) is 1.87. The highest BCUT2D eigenvalue weighted by Crippen LogP contribution is 2.24. The van der Waals surface area contributed by atoms with E-state index in [4.69, 9.17) is 5.73 Å². The van der Waals surface area contributed by atoms with Crippen LogP contribution in [0.5, 0.6) is 0 Å². The standard InChI is InChI=1S/C13H20BrN3O/c1-9(2)16-7-10-4-5-11(14)6-12(10)17(3)8-13(15)18/h4-6,9,16H,7-8H2,1-3H3,(H2,15,18). The van der Waals surface area contributed by atoms with Gasteiger partial charge in [0.05, 0.1) is 6.54 Å². The molecule has 0 aromatic heterocycles. The maximum atomic E-state index is 11.0. The number of nitrogens with two attached hydrogens (primary N) is 1. The van der Waals surface area contributed by atoms with Crippen LogP contribution in [0, 0.1) is 0 Å². The highest BCUT2D eigenvalue weighted by Gasteiger charge is 2.10. The van der Waals surface area contributed by atoms with E-state index in [0.717, 1.165) is 22.3 Å². The average molecular weight is 314 g/mol. The molecular formula is C13H20BrN3O. The molecule has 1 aromatic rings. The van der Waals surface area contributed by atoms with Crippen molar-refractivity contribution in [3.8, 4) is 0 Å². The minimum absolute atomic E-state index is 0.213. The lowest BCUT2D eigenvalue weighted by Crippen LogP contribution is -2.32. The van der Waals surface area contributed by atoms with Gasteiger partial charge in [-0.25, -0.2) is 0 Å². The lowest BCUT2D eigenvalue weighted by Gasteiger charge is -2.22. The molecule has 0 unspecified atom stereocenters. The second-order valence-electron chi connectivity index (χ2n) is 4.63. The summed E-state index contributed by atoms with van der Waals surface area (Å²) in [4.78, 5) is 12.9. The zero-order valence-corrected chi connectivity index (χ0v) is 12.6. The molecule has 0 heterocycles. The average Bonchev–Trinajstić information content (AvgIpc) is 2.26. The fourth-order valence-corrected chi connectivity index (χ4v) is 2.02. The van der Waals surface area contributed by atoms with Crippen molar-refractivity contribution in [2.24, 2.45) is 5.73 Å². The summed E-state index contributed by atoms with van der Waals surface area (Å²) in [6.45, 7) is 5.19. The third-order valence-corrected chi connectivity index (χ3v) is 3.05. The second-order valence-corrected chi connectivity index (χ2v) is 5.55. The summed E-state index contributed by atoms with van der Waals surface area (Å²) in [6.07, 6.45) is 0. The molecule has 0 bridgehead atoms. The fraction of sp³-hybridized carbons (Fsp3) is 0.462. The van der Waals surface area contributed by atoms with Gasteiger partial charge in [0.2, 0.25) is 5.91 Å². The van der Waals surface area contributed by atoms with Crippen LogP contribution in [0.1, 0.15) is 19.4 Å². The van der Waals surface area contributed by atoms with E-state index >= 15 is 0 Å². The van der Waals surface area contributed by atoms with Crippen LogP contribution in [-0.4, -0.2) is 25.5 Å². The molecule has 1 amide bonds. The summed E-state index contributed by atoms with van der Waals surface area (Å²) >= 11 is 3.45. The van der Waals surface area contributed by atoms with Crippen molar-refractivity contribution in [1.29, 1.82) is 0 Å². The molecule has 0 aliphatic rings. The van der Waals surface area contributed by atoms with Crippen LogP contribution in [0.15, 0.2) is 22.7 Å². The van der Waals surface area contributed by atoms with E-state index in [2.05, 4.69) is 35.1 Å². The van der Waals surface area contributed by atoms with Crippen molar-refractivity contribution in [2.75, 3.05) is 18.5 Å². The number of anilines is 1. The molecule has 100 valence electrons. The van der Waals surface area contributed by atoms with Crippen molar-refractivity contribution in [1.82, 2.24) is 5.32 Å². The molecule has 0 saturated carbocycles. The molecule has 1 aromatic carbocycles. The van der Waals surface area contributed by atoms with Crippen molar-refractivity contribution >= 4 is 27.5 Å². The number of halogens is 1. The minimum atomic E-state index is -0.333. The van der Waals surface area contributed by atoms with Gasteiger partial charge in [-0.05, 0) is 17.7 Å². The van der Waals surface area contributed by atoms with Crippen LogP contribution in [0.25, 0.3) is 0 Å². The molecule has 18 heavy (non-hydrogen) atoms. The van der Waals surface area contributed by atoms with Gasteiger partial charge in [0.15, 0.2) is 0 Å². The number of amides is 1. The first-order chi connectivity index (χ1) is 8.40. The summed E-state index contributed by atoms with van der Waals surface area (Å²) in [5.41, 5.74) is 7.39. The first kappa shape index (κ1) is 15.0. The Morgan fingerprint density at radius 1 is 1.50 bits per heavy atom. The van der Waals surface area contributed by atoms with E-state index in [0.29, 0.717) is 6.04 Å². The normalized spacial score (nSPS) is 10.7. The van der Waals surface area contributed by atoms with E-state index in [1.54, 1.807) is 0 Å². The van der Waals surface area contributed by atoms with E-state index in [1.165, 1.54) is 0 Å². The van der Waals surface area contributed by atoms with Crippen LogP contribution < -0.4 is 16.0 Å². The SMILES string of the molecule is CC(C)NCc1ccc(Br)cc1N(C)CC(N)=O. The molecule has 0 radical (unpaired) electrons. The Bertz CT molecular complexity index is 421. The van der Waals surface area contributed by atoms with Gasteiger partial charge in [0, 0.05) is 29.8 Å². The highest BCUT2D eigenvalue weighted by molar-refractivity contribution is 9.10. The molecule has 0 aliphatic carbocycles. The summed E-state index contributed by atoms with van der Waals surface area (Å²) in [7, 11) is 1.87. The lowest BCUT2D eigenvalue weighted by atomic mass is 10.1. The first-order valence-electron chi connectivity index (χ1n) is 5.91. The molecule has 5 heteroatoms. The number of nitrogens with zero attached hydrogens (tertiary/aromatic N) is 1. The maximum absolute atomic E-state index is 11.0. The maximum Gasteiger partial charge on any atom is 0.236 e. The van der Waals surface area contributed by atoms with Gasteiger partial charge in [-0.2, -0.15) is 0 Å². The van der Waals surface area contributed by atoms with Gasteiger partial charge < -0.3 is 16.0 Å². The highest BCUT2D eigenvalue weighted by atomic mass is 79.9. The van der Waals surface area contributed by atoms with E-state index < -0.39 is 0 Å². The van der Waals surface area contributed by atoms with E-state index in [-0.39, 0.29) is 12.5 Å². The second kappa shape index (κ2) is 6.75. The third kappa shape index (κ3) is 4.66. The zero-order chi connectivity index (χ0) is 13.7. The number of rotatable bonds is 6. The molecule has 3 N–H and O–H groups in total. The molecule has 0 atom stereocenters.